The number of rotatable bonds is 1. The fourth-order valence-corrected chi connectivity index (χ4v) is 1.24. The lowest BCUT2D eigenvalue weighted by Gasteiger charge is -1.99. The first-order valence-corrected chi connectivity index (χ1v) is 5.20. The van der Waals surface area contributed by atoms with Gasteiger partial charge in [-0.2, -0.15) is 4.98 Å². The van der Waals surface area contributed by atoms with Gasteiger partial charge in [-0.3, -0.25) is 5.11 Å². The molecule has 0 atom stereocenters. The second kappa shape index (κ2) is 3.57. The van der Waals surface area contributed by atoms with Gasteiger partial charge < -0.3 is 0 Å². The van der Waals surface area contributed by atoms with Crippen LogP contribution >= 0.6 is 34.4 Å². The summed E-state index contributed by atoms with van der Waals surface area (Å²) in [6.45, 7) is 1.81. The van der Waals surface area contributed by atoms with Crippen LogP contribution in [0.1, 0.15) is 5.69 Å². The Hall–Kier alpha value is -0.0400. The molecule has 1 aromatic rings. The van der Waals surface area contributed by atoms with Crippen LogP contribution in [0.5, 0.6) is 5.88 Å². The minimum atomic E-state index is -0.178. The molecule has 0 aliphatic heterocycles. The molecular formula is C6H6IN2OS. The van der Waals surface area contributed by atoms with Crippen LogP contribution in [-0.4, -0.2) is 16.2 Å². The Bertz CT molecular complexity index is 256. The van der Waals surface area contributed by atoms with Gasteiger partial charge in [0.2, 0.25) is 0 Å². The summed E-state index contributed by atoms with van der Waals surface area (Å²) in [6, 6.07) is 0. The summed E-state index contributed by atoms with van der Waals surface area (Å²) in [5.74, 6) is -0.178. The van der Waals surface area contributed by atoms with Crippen LogP contribution in [0.4, 0.5) is 0 Å². The van der Waals surface area contributed by atoms with Gasteiger partial charge in [-0.25, -0.2) is 4.98 Å². The Labute approximate surface area is 82.8 Å². The van der Waals surface area contributed by atoms with Crippen molar-refractivity contribution in [3.05, 3.63) is 9.26 Å². The van der Waals surface area contributed by atoms with Crippen molar-refractivity contribution in [2.45, 2.75) is 12.1 Å². The van der Waals surface area contributed by atoms with Crippen molar-refractivity contribution in [3.63, 3.8) is 0 Å². The van der Waals surface area contributed by atoms with Gasteiger partial charge in [0.05, 0.1) is 5.69 Å². The number of hydrogen-bond donors (Lipinski definition) is 0. The monoisotopic (exact) mass is 281 g/mol. The topological polar surface area (TPSA) is 45.7 Å². The summed E-state index contributed by atoms with van der Waals surface area (Å²) in [5.41, 5.74) is 0.759. The highest BCUT2D eigenvalue weighted by Crippen LogP contribution is 2.22. The molecule has 5 heteroatoms. The lowest BCUT2D eigenvalue weighted by atomic mass is 10.4. The summed E-state index contributed by atoms with van der Waals surface area (Å²) in [5, 5.41) is 11.6. The standard InChI is InChI=1S/C6H6IN2OS/c1-3-4(7)5(10)9-6(8-3)11-2/h1-2H3. The van der Waals surface area contributed by atoms with E-state index in [0.29, 0.717) is 8.73 Å². The number of aryl methyl sites for hydroxylation is 1. The number of hydrogen-bond acceptors (Lipinski definition) is 3. The van der Waals surface area contributed by atoms with E-state index in [1.54, 1.807) is 0 Å². The van der Waals surface area contributed by atoms with E-state index in [1.807, 2.05) is 35.8 Å². The quantitative estimate of drug-likeness (QED) is 0.450. The van der Waals surface area contributed by atoms with Crippen LogP contribution in [0.15, 0.2) is 5.16 Å². The van der Waals surface area contributed by atoms with Crippen LogP contribution in [-0.2, 0) is 5.11 Å². The maximum absolute atomic E-state index is 11.0. The van der Waals surface area contributed by atoms with Gasteiger partial charge in [-0.05, 0) is 35.8 Å². The molecule has 0 aliphatic rings. The van der Waals surface area contributed by atoms with Crippen molar-refractivity contribution in [3.8, 4) is 5.88 Å². The molecule has 0 bridgehead atoms. The molecule has 1 aromatic heterocycles. The van der Waals surface area contributed by atoms with E-state index in [0.717, 1.165) is 5.69 Å². The van der Waals surface area contributed by atoms with E-state index in [9.17, 15) is 5.11 Å². The zero-order valence-electron chi connectivity index (χ0n) is 6.09. The molecule has 0 saturated carbocycles. The zero-order valence-corrected chi connectivity index (χ0v) is 9.06. The van der Waals surface area contributed by atoms with Crippen molar-refractivity contribution < 1.29 is 5.11 Å². The van der Waals surface area contributed by atoms with Gasteiger partial charge in [-0.15, -0.1) is 0 Å². The van der Waals surface area contributed by atoms with Crippen molar-refractivity contribution in [1.82, 2.24) is 9.97 Å². The summed E-state index contributed by atoms with van der Waals surface area (Å²) in [4.78, 5) is 7.84. The molecule has 1 rings (SSSR count). The highest BCUT2D eigenvalue weighted by Gasteiger charge is 2.07. The minimum Gasteiger partial charge on any atom is -0.266 e. The second-order valence-corrected chi connectivity index (χ2v) is 3.77. The first kappa shape index (κ1) is 9.05. The smallest absolute Gasteiger partial charge is 0.266 e. The Kier molecular flexibility index (Phi) is 2.94. The first-order valence-electron chi connectivity index (χ1n) is 2.90. The van der Waals surface area contributed by atoms with E-state index in [-0.39, 0.29) is 5.88 Å². The third-order valence-electron chi connectivity index (χ3n) is 1.15. The molecule has 11 heavy (non-hydrogen) atoms. The normalized spacial score (nSPS) is 10.1. The number of thioether (sulfide) groups is 1. The fourth-order valence-electron chi connectivity index (χ4n) is 0.600. The summed E-state index contributed by atoms with van der Waals surface area (Å²) < 4.78 is 0.611. The van der Waals surface area contributed by atoms with Gasteiger partial charge in [0.1, 0.15) is 3.57 Å². The third-order valence-corrected chi connectivity index (χ3v) is 2.94. The van der Waals surface area contributed by atoms with Gasteiger partial charge >= 0.3 is 0 Å². The predicted octanol–water partition coefficient (Wildman–Crippen LogP) is 2.26. The molecule has 0 N–H and O–H groups in total. The largest absolute Gasteiger partial charge is 0.287 e. The van der Waals surface area contributed by atoms with Gasteiger partial charge in [0.15, 0.2) is 5.16 Å². The Morgan fingerprint density at radius 3 is 2.55 bits per heavy atom. The number of halogens is 1. The van der Waals surface area contributed by atoms with E-state index in [2.05, 4.69) is 9.97 Å². The van der Waals surface area contributed by atoms with E-state index in [4.69, 9.17) is 0 Å². The average Bonchev–Trinajstić information content (AvgIpc) is 1.99. The summed E-state index contributed by atoms with van der Waals surface area (Å²) >= 11 is 3.34. The van der Waals surface area contributed by atoms with Crippen LogP contribution in [0.2, 0.25) is 0 Å². The molecule has 59 valence electrons. The molecule has 0 spiro atoms. The maximum atomic E-state index is 11.0. The summed E-state index contributed by atoms with van der Waals surface area (Å²) in [6.07, 6.45) is 1.85. The molecular weight excluding hydrogens is 275 g/mol. The number of nitrogens with zero attached hydrogens (tertiary/aromatic N) is 2. The number of aromatic nitrogens is 2. The molecule has 1 radical (unpaired) electrons. The molecule has 0 fully saturated rings. The van der Waals surface area contributed by atoms with Crippen LogP contribution in [0, 0.1) is 10.5 Å². The lowest BCUT2D eigenvalue weighted by Crippen LogP contribution is -1.92. The van der Waals surface area contributed by atoms with Crippen molar-refractivity contribution in [2.75, 3.05) is 6.26 Å². The third kappa shape index (κ3) is 1.96. The predicted molar refractivity (Wildman–Crippen MR) is 51.4 cm³/mol. The zero-order chi connectivity index (χ0) is 8.43. The van der Waals surface area contributed by atoms with Crippen molar-refractivity contribution in [2.24, 2.45) is 0 Å². The molecule has 0 amide bonds. The molecule has 0 unspecified atom stereocenters. The Morgan fingerprint density at radius 2 is 2.09 bits per heavy atom. The molecule has 0 saturated heterocycles. The van der Waals surface area contributed by atoms with Gasteiger partial charge in [0, 0.05) is 0 Å². The highest BCUT2D eigenvalue weighted by atomic mass is 127. The Morgan fingerprint density at radius 1 is 1.45 bits per heavy atom. The van der Waals surface area contributed by atoms with Crippen LogP contribution < -0.4 is 0 Å². The highest BCUT2D eigenvalue weighted by molar-refractivity contribution is 14.1. The van der Waals surface area contributed by atoms with E-state index in [1.165, 1.54) is 11.8 Å². The van der Waals surface area contributed by atoms with Crippen molar-refractivity contribution >= 4 is 34.4 Å². The van der Waals surface area contributed by atoms with Gasteiger partial charge in [-0.1, -0.05) is 11.8 Å². The van der Waals surface area contributed by atoms with E-state index < -0.39 is 0 Å². The van der Waals surface area contributed by atoms with Crippen LogP contribution in [0.25, 0.3) is 0 Å². The average molecular weight is 281 g/mol. The van der Waals surface area contributed by atoms with Gasteiger partial charge in [0.25, 0.3) is 5.88 Å². The lowest BCUT2D eigenvalue weighted by molar-refractivity contribution is 0.328. The molecule has 3 nitrogen and oxygen atoms in total. The maximum Gasteiger partial charge on any atom is 0.287 e. The SMILES string of the molecule is CSc1nc(C)c(I)c([O])n1. The van der Waals surface area contributed by atoms with Crippen molar-refractivity contribution in [1.29, 1.82) is 0 Å². The molecule has 0 aromatic carbocycles. The Balaban J connectivity index is 3.21. The second-order valence-electron chi connectivity index (χ2n) is 1.91. The van der Waals surface area contributed by atoms with E-state index >= 15 is 0 Å². The fraction of sp³-hybridized carbons (Fsp3) is 0.333. The minimum absolute atomic E-state index is 0.178. The summed E-state index contributed by atoms with van der Waals surface area (Å²) in [7, 11) is 0. The van der Waals surface area contributed by atoms with Crippen LogP contribution in [0.3, 0.4) is 0 Å². The molecule has 0 aliphatic carbocycles. The molecule has 1 heterocycles. The first-order chi connectivity index (χ1) is 5.15.